The largest absolute Gasteiger partial charge is 0.361 e. The van der Waals surface area contributed by atoms with Gasteiger partial charge in [-0.2, -0.15) is 0 Å². The molecule has 1 N–H and O–H groups in total. The van der Waals surface area contributed by atoms with Gasteiger partial charge < -0.3 is 9.84 Å². The van der Waals surface area contributed by atoms with Crippen molar-refractivity contribution < 1.29 is 9.32 Å². The second-order valence-electron chi connectivity index (χ2n) is 7.53. The Kier molecular flexibility index (Phi) is 5.26. The fourth-order valence-corrected chi connectivity index (χ4v) is 4.08. The van der Waals surface area contributed by atoms with Crippen LogP contribution in [-0.2, 0) is 17.8 Å². The molecule has 1 saturated heterocycles. The molecule has 1 unspecified atom stereocenters. The maximum Gasteiger partial charge on any atom is 0.227 e. The van der Waals surface area contributed by atoms with E-state index in [4.69, 9.17) is 4.52 Å². The minimum absolute atomic E-state index is 0.0701. The van der Waals surface area contributed by atoms with Crippen LogP contribution in [0.5, 0.6) is 0 Å². The van der Waals surface area contributed by atoms with Crippen molar-refractivity contribution >= 4 is 5.91 Å². The summed E-state index contributed by atoms with van der Waals surface area (Å²) >= 11 is 0. The van der Waals surface area contributed by atoms with E-state index in [1.165, 1.54) is 5.56 Å². The summed E-state index contributed by atoms with van der Waals surface area (Å²) in [4.78, 5) is 15.2. The Labute approximate surface area is 165 Å². The van der Waals surface area contributed by atoms with Gasteiger partial charge in [0.1, 0.15) is 11.5 Å². The number of carbonyl (C=O) groups excluding carboxylic acids is 1. The van der Waals surface area contributed by atoms with E-state index in [1.807, 2.05) is 42.5 Å². The zero-order valence-corrected chi connectivity index (χ0v) is 16.1. The van der Waals surface area contributed by atoms with E-state index in [1.54, 1.807) is 7.05 Å². The van der Waals surface area contributed by atoms with Crippen LogP contribution in [0.3, 0.4) is 0 Å². The van der Waals surface area contributed by atoms with Crippen molar-refractivity contribution in [3.8, 4) is 11.3 Å². The number of nitrogens with one attached hydrogen (secondary N) is 1. The molecular weight excluding hydrogens is 350 g/mol. The van der Waals surface area contributed by atoms with Crippen molar-refractivity contribution in [2.24, 2.45) is 5.41 Å². The summed E-state index contributed by atoms with van der Waals surface area (Å²) in [6.07, 6.45) is 1.36. The maximum absolute atomic E-state index is 12.8. The van der Waals surface area contributed by atoms with Gasteiger partial charge in [-0.05, 0) is 18.5 Å². The van der Waals surface area contributed by atoms with Gasteiger partial charge in [0.05, 0.1) is 5.41 Å². The number of hydrogen-bond acceptors (Lipinski definition) is 4. The first kappa shape index (κ1) is 18.4. The predicted octanol–water partition coefficient (Wildman–Crippen LogP) is 3.52. The summed E-state index contributed by atoms with van der Waals surface area (Å²) in [5.74, 6) is 0.824. The van der Waals surface area contributed by atoms with Gasteiger partial charge >= 0.3 is 0 Å². The Hall–Kier alpha value is -2.92. The van der Waals surface area contributed by atoms with Gasteiger partial charge in [0.2, 0.25) is 5.91 Å². The number of amides is 1. The van der Waals surface area contributed by atoms with E-state index in [2.05, 4.69) is 39.6 Å². The molecule has 1 aliphatic heterocycles. The zero-order valence-electron chi connectivity index (χ0n) is 16.1. The van der Waals surface area contributed by atoms with Crippen LogP contribution in [0.1, 0.15) is 17.7 Å². The molecule has 0 radical (unpaired) electrons. The first-order chi connectivity index (χ1) is 13.7. The van der Waals surface area contributed by atoms with Gasteiger partial charge in [-0.1, -0.05) is 65.8 Å². The Balaban J connectivity index is 1.51. The van der Waals surface area contributed by atoms with Crippen LogP contribution in [0.4, 0.5) is 0 Å². The minimum atomic E-state index is -0.489. The van der Waals surface area contributed by atoms with E-state index < -0.39 is 5.41 Å². The van der Waals surface area contributed by atoms with Gasteiger partial charge in [0.15, 0.2) is 0 Å². The highest BCUT2D eigenvalue weighted by atomic mass is 16.5. The molecule has 1 aliphatic rings. The van der Waals surface area contributed by atoms with E-state index >= 15 is 0 Å². The lowest BCUT2D eigenvalue weighted by atomic mass is 9.81. The molecule has 5 heteroatoms. The van der Waals surface area contributed by atoms with Crippen LogP contribution in [-0.4, -0.2) is 36.1 Å². The Morgan fingerprint density at radius 1 is 1.14 bits per heavy atom. The van der Waals surface area contributed by atoms with E-state index in [0.29, 0.717) is 13.0 Å². The second kappa shape index (κ2) is 7.98. The SMILES string of the molecule is CNC(=O)C1(Cc2cc(-c3ccccc3)no2)CCN(Cc2ccccc2)C1. The van der Waals surface area contributed by atoms with E-state index in [-0.39, 0.29) is 5.91 Å². The number of carbonyl (C=O) groups is 1. The van der Waals surface area contributed by atoms with Crippen LogP contribution in [0.15, 0.2) is 71.3 Å². The van der Waals surface area contributed by atoms with E-state index in [0.717, 1.165) is 36.5 Å². The molecule has 0 bridgehead atoms. The second-order valence-corrected chi connectivity index (χ2v) is 7.53. The number of likely N-dealkylation sites (tertiary alicyclic amines) is 1. The number of benzene rings is 2. The summed E-state index contributed by atoms with van der Waals surface area (Å²) in [7, 11) is 1.71. The third-order valence-corrected chi connectivity index (χ3v) is 5.53. The maximum atomic E-state index is 12.8. The number of nitrogens with zero attached hydrogens (tertiary/aromatic N) is 2. The van der Waals surface area contributed by atoms with Crippen molar-refractivity contribution in [1.29, 1.82) is 0 Å². The van der Waals surface area contributed by atoms with Crippen molar-refractivity contribution in [2.45, 2.75) is 19.4 Å². The molecule has 2 heterocycles. The van der Waals surface area contributed by atoms with Crippen molar-refractivity contribution in [3.05, 3.63) is 78.1 Å². The summed E-state index contributed by atoms with van der Waals surface area (Å²) in [5, 5.41) is 7.07. The summed E-state index contributed by atoms with van der Waals surface area (Å²) in [5.41, 5.74) is 2.60. The third kappa shape index (κ3) is 3.85. The highest BCUT2D eigenvalue weighted by molar-refractivity contribution is 5.83. The number of rotatable bonds is 6. The van der Waals surface area contributed by atoms with E-state index in [9.17, 15) is 4.79 Å². The van der Waals surface area contributed by atoms with Crippen LogP contribution in [0, 0.1) is 5.41 Å². The molecule has 1 aromatic heterocycles. The van der Waals surface area contributed by atoms with Crippen molar-refractivity contribution in [3.63, 3.8) is 0 Å². The molecule has 3 aromatic rings. The quantitative estimate of drug-likeness (QED) is 0.716. The molecule has 0 saturated carbocycles. The average molecular weight is 375 g/mol. The lowest BCUT2D eigenvalue weighted by Crippen LogP contribution is -2.43. The molecule has 4 rings (SSSR count). The van der Waals surface area contributed by atoms with Crippen LogP contribution in [0.2, 0.25) is 0 Å². The van der Waals surface area contributed by atoms with Crippen LogP contribution >= 0.6 is 0 Å². The first-order valence-electron chi connectivity index (χ1n) is 9.68. The van der Waals surface area contributed by atoms with Gasteiger partial charge in [-0.25, -0.2) is 0 Å². The molecule has 144 valence electrons. The molecule has 28 heavy (non-hydrogen) atoms. The monoisotopic (exact) mass is 375 g/mol. The third-order valence-electron chi connectivity index (χ3n) is 5.53. The van der Waals surface area contributed by atoms with Crippen LogP contribution in [0.25, 0.3) is 11.3 Å². The molecule has 1 atom stereocenters. The van der Waals surface area contributed by atoms with Crippen molar-refractivity contribution in [1.82, 2.24) is 15.4 Å². The summed E-state index contributed by atoms with van der Waals surface area (Å²) in [6.45, 7) is 2.45. The molecule has 1 amide bonds. The van der Waals surface area contributed by atoms with Crippen LogP contribution < -0.4 is 5.32 Å². The number of aromatic nitrogens is 1. The van der Waals surface area contributed by atoms with Crippen molar-refractivity contribution in [2.75, 3.05) is 20.1 Å². The van der Waals surface area contributed by atoms with Gasteiger partial charge in [0, 0.05) is 38.2 Å². The minimum Gasteiger partial charge on any atom is -0.361 e. The molecule has 2 aromatic carbocycles. The standard InChI is InChI=1S/C23H25N3O2/c1-24-22(27)23(12-13-26(17-23)16-18-8-4-2-5-9-18)15-20-14-21(25-28-20)19-10-6-3-7-11-19/h2-11,14H,12-13,15-17H2,1H3,(H,24,27). The molecule has 0 spiro atoms. The first-order valence-corrected chi connectivity index (χ1v) is 9.68. The lowest BCUT2D eigenvalue weighted by Gasteiger charge is -2.26. The highest BCUT2D eigenvalue weighted by Gasteiger charge is 2.45. The smallest absolute Gasteiger partial charge is 0.227 e. The Morgan fingerprint density at radius 2 is 1.86 bits per heavy atom. The van der Waals surface area contributed by atoms with Gasteiger partial charge in [-0.15, -0.1) is 0 Å². The molecular formula is C23H25N3O2. The summed E-state index contributed by atoms with van der Waals surface area (Å²) in [6, 6.07) is 22.3. The molecule has 0 aliphatic carbocycles. The molecule has 5 nitrogen and oxygen atoms in total. The fraction of sp³-hybridized carbons (Fsp3) is 0.304. The Bertz CT molecular complexity index is 923. The lowest BCUT2D eigenvalue weighted by molar-refractivity contribution is -0.130. The van der Waals surface area contributed by atoms with Gasteiger partial charge in [-0.3, -0.25) is 9.69 Å². The topological polar surface area (TPSA) is 58.4 Å². The highest BCUT2D eigenvalue weighted by Crippen LogP contribution is 2.36. The molecule has 1 fully saturated rings. The number of hydrogen-bond donors (Lipinski definition) is 1. The summed E-state index contributed by atoms with van der Waals surface area (Å²) < 4.78 is 5.61. The predicted molar refractivity (Wildman–Crippen MR) is 108 cm³/mol. The average Bonchev–Trinajstić information content (AvgIpc) is 3.37. The Morgan fingerprint density at radius 3 is 2.57 bits per heavy atom. The van der Waals surface area contributed by atoms with Gasteiger partial charge in [0.25, 0.3) is 0 Å². The normalized spacial score (nSPS) is 19.6. The fourth-order valence-electron chi connectivity index (χ4n) is 4.08. The zero-order chi connectivity index (χ0) is 19.4.